The summed E-state index contributed by atoms with van der Waals surface area (Å²) in [4.78, 5) is 15.3. The van der Waals surface area contributed by atoms with Crippen molar-refractivity contribution >= 4 is 22.6 Å². The maximum absolute atomic E-state index is 13.0. The van der Waals surface area contributed by atoms with Crippen molar-refractivity contribution in [2.24, 2.45) is 0 Å². The van der Waals surface area contributed by atoms with E-state index in [9.17, 15) is 4.79 Å². The number of ether oxygens (including phenoxy) is 1. The molecule has 0 amide bonds. The first-order chi connectivity index (χ1) is 13.0. The van der Waals surface area contributed by atoms with Gasteiger partial charge >= 0.3 is 0 Å². The molecule has 4 nitrogen and oxygen atoms in total. The number of hydrogen-bond donors (Lipinski definition) is 0. The van der Waals surface area contributed by atoms with Crippen LogP contribution in [-0.2, 0) is 6.54 Å². The number of benzene rings is 2. The van der Waals surface area contributed by atoms with Crippen LogP contribution >= 0.6 is 11.6 Å². The Hall–Kier alpha value is -2.30. The highest BCUT2D eigenvalue weighted by molar-refractivity contribution is 6.30. The molecule has 0 spiro atoms. The first kappa shape index (κ1) is 19.5. The van der Waals surface area contributed by atoms with Gasteiger partial charge in [0, 0.05) is 22.7 Å². The van der Waals surface area contributed by atoms with Crippen LogP contribution in [0.3, 0.4) is 0 Å². The van der Waals surface area contributed by atoms with Gasteiger partial charge in [-0.05, 0) is 56.4 Å². The van der Waals surface area contributed by atoms with Gasteiger partial charge in [-0.15, -0.1) is 0 Å². The average Bonchev–Trinajstić information content (AvgIpc) is 2.69. The molecule has 2 aromatic carbocycles. The second-order valence-electron chi connectivity index (χ2n) is 6.48. The molecule has 0 atom stereocenters. The van der Waals surface area contributed by atoms with E-state index in [1.165, 1.54) is 0 Å². The van der Waals surface area contributed by atoms with Gasteiger partial charge in [-0.3, -0.25) is 9.69 Å². The zero-order valence-corrected chi connectivity index (χ0v) is 16.9. The SMILES string of the molecule is CCN(CC)Cc1c(OC)ccc2c(=O)c(C)c(-c3ccc(Cl)cc3)oc12. The van der Waals surface area contributed by atoms with Gasteiger partial charge in [-0.25, -0.2) is 0 Å². The third-order valence-electron chi connectivity index (χ3n) is 4.95. The molecule has 0 aliphatic carbocycles. The van der Waals surface area contributed by atoms with Gasteiger partial charge < -0.3 is 9.15 Å². The molecule has 1 aromatic heterocycles. The molecule has 5 heteroatoms. The summed E-state index contributed by atoms with van der Waals surface area (Å²) in [5.41, 5.74) is 2.87. The smallest absolute Gasteiger partial charge is 0.196 e. The molecule has 3 aromatic rings. The summed E-state index contributed by atoms with van der Waals surface area (Å²) in [6.07, 6.45) is 0. The molecular formula is C22H24ClNO3. The molecule has 0 aliphatic rings. The summed E-state index contributed by atoms with van der Waals surface area (Å²) in [6.45, 7) is 8.47. The lowest BCUT2D eigenvalue weighted by Crippen LogP contribution is -2.23. The molecule has 0 fully saturated rings. The summed E-state index contributed by atoms with van der Waals surface area (Å²) in [5.74, 6) is 1.29. The van der Waals surface area contributed by atoms with Crippen LogP contribution in [0.25, 0.3) is 22.3 Å². The fourth-order valence-corrected chi connectivity index (χ4v) is 3.40. The van der Waals surface area contributed by atoms with E-state index in [4.69, 9.17) is 20.8 Å². The molecule has 27 heavy (non-hydrogen) atoms. The van der Waals surface area contributed by atoms with Crippen molar-refractivity contribution in [2.45, 2.75) is 27.3 Å². The molecule has 3 rings (SSSR count). The standard InChI is InChI=1S/C22H24ClNO3/c1-5-24(6-2)13-18-19(26-4)12-11-17-20(25)14(3)21(27-22(17)18)15-7-9-16(23)10-8-15/h7-12H,5-6,13H2,1-4H3. The summed E-state index contributed by atoms with van der Waals surface area (Å²) in [6, 6.07) is 10.9. The van der Waals surface area contributed by atoms with Gasteiger partial charge in [-0.1, -0.05) is 25.4 Å². The van der Waals surface area contributed by atoms with Crippen LogP contribution < -0.4 is 10.2 Å². The fourth-order valence-electron chi connectivity index (χ4n) is 3.28. The van der Waals surface area contributed by atoms with Crippen LogP contribution in [-0.4, -0.2) is 25.1 Å². The highest BCUT2D eigenvalue weighted by Gasteiger charge is 2.19. The van der Waals surface area contributed by atoms with Crippen LogP contribution in [0, 0.1) is 6.92 Å². The number of methoxy groups -OCH3 is 1. The van der Waals surface area contributed by atoms with E-state index < -0.39 is 0 Å². The molecule has 0 aliphatic heterocycles. The maximum atomic E-state index is 13.0. The lowest BCUT2D eigenvalue weighted by atomic mass is 10.0. The van der Waals surface area contributed by atoms with Gasteiger partial charge in [0.15, 0.2) is 5.43 Å². The Labute approximate surface area is 164 Å². The lowest BCUT2D eigenvalue weighted by molar-refractivity contribution is 0.289. The average molecular weight is 386 g/mol. The molecule has 0 N–H and O–H groups in total. The molecule has 0 unspecified atom stereocenters. The predicted molar refractivity (Wildman–Crippen MR) is 111 cm³/mol. The second-order valence-corrected chi connectivity index (χ2v) is 6.91. The van der Waals surface area contributed by atoms with Gasteiger partial charge in [0.25, 0.3) is 0 Å². The van der Waals surface area contributed by atoms with Crippen LogP contribution in [0.1, 0.15) is 25.0 Å². The normalized spacial score (nSPS) is 11.3. The summed E-state index contributed by atoms with van der Waals surface area (Å²) < 4.78 is 11.9. The van der Waals surface area contributed by atoms with Crippen LogP contribution in [0.4, 0.5) is 0 Å². The molecular weight excluding hydrogens is 362 g/mol. The minimum absolute atomic E-state index is 0.0235. The monoisotopic (exact) mass is 385 g/mol. The second kappa shape index (κ2) is 8.15. The van der Waals surface area contributed by atoms with Crippen molar-refractivity contribution in [3.63, 3.8) is 0 Å². The lowest BCUT2D eigenvalue weighted by Gasteiger charge is -2.21. The highest BCUT2D eigenvalue weighted by Crippen LogP contribution is 2.32. The van der Waals surface area contributed by atoms with E-state index in [-0.39, 0.29) is 5.43 Å². The third-order valence-corrected chi connectivity index (χ3v) is 5.20. The van der Waals surface area contributed by atoms with Crippen LogP contribution in [0.15, 0.2) is 45.6 Å². The molecule has 142 valence electrons. The Morgan fingerprint density at radius 1 is 1.07 bits per heavy atom. The number of hydrogen-bond acceptors (Lipinski definition) is 4. The van der Waals surface area contributed by atoms with Crippen LogP contribution in [0.5, 0.6) is 5.75 Å². The number of fused-ring (bicyclic) bond motifs is 1. The van der Waals surface area contributed by atoms with Gasteiger partial charge in [0.2, 0.25) is 0 Å². The molecule has 0 radical (unpaired) electrons. The highest BCUT2D eigenvalue weighted by atomic mass is 35.5. The van der Waals surface area contributed by atoms with E-state index >= 15 is 0 Å². The Morgan fingerprint density at radius 3 is 2.33 bits per heavy atom. The number of rotatable bonds is 6. The molecule has 1 heterocycles. The first-order valence-corrected chi connectivity index (χ1v) is 9.49. The first-order valence-electron chi connectivity index (χ1n) is 9.11. The molecule has 0 bridgehead atoms. The van der Waals surface area contributed by atoms with Gasteiger partial charge in [0.05, 0.1) is 18.1 Å². The van der Waals surface area contributed by atoms with Crippen molar-refractivity contribution < 1.29 is 9.15 Å². The van der Waals surface area contributed by atoms with E-state index in [0.717, 1.165) is 30.0 Å². The van der Waals surface area contributed by atoms with E-state index in [1.54, 1.807) is 32.2 Å². The molecule has 0 saturated carbocycles. The topological polar surface area (TPSA) is 42.7 Å². The number of halogens is 1. The van der Waals surface area contributed by atoms with Crippen molar-refractivity contribution in [1.82, 2.24) is 4.90 Å². The van der Waals surface area contributed by atoms with Crippen molar-refractivity contribution in [1.29, 1.82) is 0 Å². The quantitative estimate of drug-likeness (QED) is 0.579. The minimum atomic E-state index is -0.0235. The van der Waals surface area contributed by atoms with Gasteiger partial charge in [-0.2, -0.15) is 0 Å². The minimum Gasteiger partial charge on any atom is -0.496 e. The van der Waals surface area contributed by atoms with Crippen molar-refractivity contribution in [3.8, 4) is 17.1 Å². The summed E-state index contributed by atoms with van der Waals surface area (Å²) in [5, 5.41) is 1.22. The van der Waals surface area contributed by atoms with E-state index in [1.807, 2.05) is 18.2 Å². The molecule has 0 saturated heterocycles. The van der Waals surface area contributed by atoms with Crippen molar-refractivity contribution in [2.75, 3.05) is 20.2 Å². The summed E-state index contributed by atoms with van der Waals surface area (Å²) >= 11 is 6.00. The Balaban J connectivity index is 2.29. The Kier molecular flexibility index (Phi) is 5.88. The van der Waals surface area contributed by atoms with Gasteiger partial charge in [0.1, 0.15) is 17.1 Å². The maximum Gasteiger partial charge on any atom is 0.196 e. The van der Waals surface area contributed by atoms with E-state index in [2.05, 4.69) is 18.7 Å². The Bertz CT molecular complexity index is 1000. The third kappa shape index (κ3) is 3.73. The zero-order valence-electron chi connectivity index (χ0n) is 16.1. The summed E-state index contributed by atoms with van der Waals surface area (Å²) in [7, 11) is 1.64. The Morgan fingerprint density at radius 2 is 1.74 bits per heavy atom. The zero-order chi connectivity index (χ0) is 19.6. The van der Waals surface area contributed by atoms with E-state index in [0.29, 0.717) is 33.9 Å². The fraction of sp³-hybridized carbons (Fsp3) is 0.318. The van der Waals surface area contributed by atoms with Crippen LogP contribution in [0.2, 0.25) is 5.02 Å². The number of nitrogens with zero attached hydrogens (tertiary/aromatic N) is 1. The van der Waals surface area contributed by atoms with Crippen molar-refractivity contribution in [3.05, 3.63) is 62.8 Å². The predicted octanol–water partition coefficient (Wildman–Crippen LogP) is 5.27. The largest absolute Gasteiger partial charge is 0.496 e.